The molecule has 5 heteroatoms. The molecule has 0 radical (unpaired) electrons. The van der Waals surface area contributed by atoms with Crippen LogP contribution in [0.25, 0.3) is 0 Å². The van der Waals surface area contributed by atoms with Gasteiger partial charge in [0.15, 0.2) is 0 Å². The zero-order chi connectivity index (χ0) is 10.6. The average molecular weight is 226 g/mol. The van der Waals surface area contributed by atoms with Crippen molar-refractivity contribution in [2.45, 2.75) is 12.5 Å². The van der Waals surface area contributed by atoms with Crippen molar-refractivity contribution in [3.8, 4) is 12.1 Å². The molecule has 0 aromatic heterocycles. The van der Waals surface area contributed by atoms with Crippen molar-refractivity contribution < 1.29 is 4.39 Å². The van der Waals surface area contributed by atoms with Crippen LogP contribution in [0.3, 0.4) is 0 Å². The van der Waals surface area contributed by atoms with E-state index in [4.69, 9.17) is 16.3 Å². The monoisotopic (exact) mass is 225 g/mol. The van der Waals surface area contributed by atoms with Gasteiger partial charge < -0.3 is 5.73 Å². The van der Waals surface area contributed by atoms with E-state index in [0.717, 1.165) is 0 Å². The molecule has 15 heavy (non-hydrogen) atoms. The summed E-state index contributed by atoms with van der Waals surface area (Å²) in [5, 5.41) is 17.0. The number of nitrogens with two attached hydrogens (primary N) is 1. The van der Waals surface area contributed by atoms with Crippen LogP contribution >= 0.6 is 12.4 Å². The quantitative estimate of drug-likeness (QED) is 0.837. The lowest BCUT2D eigenvalue weighted by Gasteiger charge is -2.07. The largest absolute Gasteiger partial charge is 0.323 e. The fourth-order valence-corrected chi connectivity index (χ4v) is 1.08. The summed E-state index contributed by atoms with van der Waals surface area (Å²) in [6.07, 6.45) is 0.149. The molecule has 0 saturated heterocycles. The Kier molecular flexibility index (Phi) is 5.33. The van der Waals surface area contributed by atoms with Crippen LogP contribution in [-0.4, -0.2) is 0 Å². The number of halogens is 2. The molecule has 0 saturated carbocycles. The minimum absolute atomic E-state index is 0. The van der Waals surface area contributed by atoms with E-state index in [-0.39, 0.29) is 24.4 Å². The van der Waals surface area contributed by atoms with Crippen molar-refractivity contribution in [1.82, 2.24) is 0 Å². The Morgan fingerprint density at radius 3 is 2.60 bits per heavy atom. The maximum absolute atomic E-state index is 12.9. The van der Waals surface area contributed by atoms with Crippen molar-refractivity contribution in [3.05, 3.63) is 35.1 Å². The standard InChI is InChI=1S/C10H8FN3.ClH/c11-9-2-1-7(5-8(9)6-13)10(14)3-4-12;/h1-2,5,10H,3,14H2;1H/t10-;/m1./s1. The fourth-order valence-electron chi connectivity index (χ4n) is 1.08. The van der Waals surface area contributed by atoms with Crippen molar-refractivity contribution in [1.29, 1.82) is 10.5 Å². The molecule has 0 aliphatic heterocycles. The Balaban J connectivity index is 0.00000196. The summed E-state index contributed by atoms with van der Waals surface area (Å²) in [5.41, 5.74) is 6.18. The van der Waals surface area contributed by atoms with Crippen LogP contribution in [0.4, 0.5) is 4.39 Å². The van der Waals surface area contributed by atoms with Gasteiger partial charge in [0.05, 0.1) is 18.1 Å². The molecular weight excluding hydrogens is 217 g/mol. The van der Waals surface area contributed by atoms with Crippen LogP contribution in [0.5, 0.6) is 0 Å². The summed E-state index contributed by atoms with van der Waals surface area (Å²) in [5.74, 6) is -0.569. The molecule has 0 bridgehead atoms. The number of hydrogen-bond donors (Lipinski definition) is 1. The van der Waals surface area contributed by atoms with Gasteiger partial charge in [0.1, 0.15) is 11.9 Å². The van der Waals surface area contributed by atoms with Gasteiger partial charge in [0.2, 0.25) is 0 Å². The van der Waals surface area contributed by atoms with E-state index in [0.29, 0.717) is 5.56 Å². The Morgan fingerprint density at radius 1 is 1.40 bits per heavy atom. The normalized spacial score (nSPS) is 10.7. The molecule has 1 aromatic rings. The molecule has 1 rings (SSSR count). The topological polar surface area (TPSA) is 73.6 Å². The maximum atomic E-state index is 12.9. The molecule has 0 fully saturated rings. The first-order chi connectivity index (χ1) is 6.69. The molecule has 1 aromatic carbocycles. The molecule has 0 heterocycles. The van der Waals surface area contributed by atoms with E-state index in [1.54, 1.807) is 6.07 Å². The molecule has 0 aliphatic carbocycles. The molecular formula is C10H9ClFN3. The van der Waals surface area contributed by atoms with Crippen LogP contribution < -0.4 is 5.73 Å². The second-order valence-electron chi connectivity index (χ2n) is 2.82. The number of nitrogens with zero attached hydrogens (tertiary/aromatic N) is 2. The van der Waals surface area contributed by atoms with Gasteiger partial charge in [0, 0.05) is 6.04 Å². The van der Waals surface area contributed by atoms with Crippen LogP contribution in [0, 0.1) is 28.5 Å². The van der Waals surface area contributed by atoms with Crippen LogP contribution in [0.15, 0.2) is 18.2 Å². The lowest BCUT2D eigenvalue weighted by Crippen LogP contribution is -2.09. The van der Waals surface area contributed by atoms with Crippen molar-refractivity contribution in [2.24, 2.45) is 5.73 Å². The van der Waals surface area contributed by atoms with Crippen molar-refractivity contribution in [2.75, 3.05) is 0 Å². The SMILES string of the molecule is Cl.N#CC[C@@H](N)c1ccc(F)c(C#N)c1. The molecule has 0 unspecified atom stereocenters. The van der Waals surface area contributed by atoms with Gasteiger partial charge in [-0.25, -0.2) is 4.39 Å². The number of hydrogen-bond acceptors (Lipinski definition) is 3. The smallest absolute Gasteiger partial charge is 0.140 e. The number of benzene rings is 1. The van der Waals surface area contributed by atoms with Gasteiger partial charge in [0.25, 0.3) is 0 Å². The second-order valence-corrected chi connectivity index (χ2v) is 2.82. The summed E-state index contributed by atoms with van der Waals surface area (Å²) in [6, 6.07) is 7.21. The van der Waals surface area contributed by atoms with Crippen molar-refractivity contribution in [3.63, 3.8) is 0 Å². The van der Waals surface area contributed by atoms with Gasteiger partial charge in [-0.3, -0.25) is 0 Å². The lowest BCUT2D eigenvalue weighted by molar-refractivity contribution is 0.621. The highest BCUT2D eigenvalue weighted by atomic mass is 35.5. The van der Waals surface area contributed by atoms with E-state index in [1.165, 1.54) is 18.2 Å². The molecule has 0 aliphatic rings. The number of nitriles is 2. The van der Waals surface area contributed by atoms with E-state index in [1.807, 2.05) is 6.07 Å². The second kappa shape index (κ2) is 5.98. The van der Waals surface area contributed by atoms with Crippen LogP contribution in [0.2, 0.25) is 0 Å². The first-order valence-corrected chi connectivity index (χ1v) is 4.01. The van der Waals surface area contributed by atoms with Gasteiger partial charge in [-0.05, 0) is 17.7 Å². The number of rotatable bonds is 2. The highest BCUT2D eigenvalue weighted by Crippen LogP contribution is 2.16. The molecule has 1 atom stereocenters. The minimum Gasteiger partial charge on any atom is -0.323 e. The van der Waals surface area contributed by atoms with Gasteiger partial charge in [-0.2, -0.15) is 10.5 Å². The summed E-state index contributed by atoms with van der Waals surface area (Å²) < 4.78 is 12.9. The highest BCUT2D eigenvalue weighted by molar-refractivity contribution is 5.85. The van der Waals surface area contributed by atoms with E-state index < -0.39 is 11.9 Å². The van der Waals surface area contributed by atoms with E-state index >= 15 is 0 Å². The Hall–Kier alpha value is -1.62. The summed E-state index contributed by atoms with van der Waals surface area (Å²) in [7, 11) is 0. The zero-order valence-corrected chi connectivity index (χ0v) is 8.59. The first kappa shape index (κ1) is 13.4. The third kappa shape index (κ3) is 3.21. The highest BCUT2D eigenvalue weighted by Gasteiger charge is 2.08. The summed E-state index contributed by atoms with van der Waals surface area (Å²) >= 11 is 0. The fraction of sp³-hybridized carbons (Fsp3) is 0.200. The van der Waals surface area contributed by atoms with E-state index in [9.17, 15) is 4.39 Å². The molecule has 78 valence electrons. The lowest BCUT2D eigenvalue weighted by atomic mass is 10.0. The van der Waals surface area contributed by atoms with Crippen LogP contribution in [-0.2, 0) is 0 Å². The Labute approximate surface area is 93.3 Å². The summed E-state index contributed by atoms with van der Waals surface area (Å²) in [4.78, 5) is 0. The predicted octanol–water partition coefficient (Wildman–Crippen LogP) is 2.03. The van der Waals surface area contributed by atoms with Crippen LogP contribution in [0.1, 0.15) is 23.6 Å². The van der Waals surface area contributed by atoms with Crippen molar-refractivity contribution >= 4 is 12.4 Å². The summed E-state index contributed by atoms with van der Waals surface area (Å²) in [6.45, 7) is 0. The molecule has 0 spiro atoms. The van der Waals surface area contributed by atoms with Gasteiger partial charge in [-0.15, -0.1) is 12.4 Å². The van der Waals surface area contributed by atoms with Gasteiger partial charge >= 0.3 is 0 Å². The van der Waals surface area contributed by atoms with E-state index in [2.05, 4.69) is 0 Å². The molecule has 0 amide bonds. The first-order valence-electron chi connectivity index (χ1n) is 4.01. The minimum atomic E-state index is -0.569. The predicted molar refractivity (Wildman–Crippen MR) is 55.5 cm³/mol. The third-order valence-corrected chi connectivity index (χ3v) is 1.85. The van der Waals surface area contributed by atoms with Gasteiger partial charge in [-0.1, -0.05) is 6.07 Å². The zero-order valence-electron chi connectivity index (χ0n) is 7.77. The Morgan fingerprint density at radius 2 is 2.07 bits per heavy atom. The maximum Gasteiger partial charge on any atom is 0.140 e. The molecule has 3 nitrogen and oxygen atoms in total. The third-order valence-electron chi connectivity index (χ3n) is 1.85. The molecule has 2 N–H and O–H groups in total. The Bertz CT molecular complexity index is 420. The average Bonchev–Trinajstić information content (AvgIpc) is 2.19.